The number of likely N-dealkylation sites (tertiary alicyclic amines) is 1. The average Bonchev–Trinajstić information content (AvgIpc) is 2.16. The summed E-state index contributed by atoms with van der Waals surface area (Å²) in [5.41, 5.74) is 0. The largest absolute Gasteiger partial charge is 0.338 e. The Morgan fingerprint density at radius 3 is 2.53 bits per heavy atom. The molecule has 0 bridgehead atoms. The van der Waals surface area contributed by atoms with E-state index in [1.54, 1.807) is 0 Å². The molecule has 1 rings (SSSR count). The summed E-state index contributed by atoms with van der Waals surface area (Å²) in [5.74, 6) is 0.652. The summed E-state index contributed by atoms with van der Waals surface area (Å²) in [5, 5.41) is 5.76. The van der Waals surface area contributed by atoms with Crippen molar-refractivity contribution in [2.45, 2.75) is 32.7 Å². The summed E-state index contributed by atoms with van der Waals surface area (Å²) < 4.78 is 0. The van der Waals surface area contributed by atoms with Crippen molar-refractivity contribution in [3.05, 3.63) is 0 Å². The van der Waals surface area contributed by atoms with Crippen LogP contribution in [0, 0.1) is 5.92 Å². The van der Waals surface area contributed by atoms with E-state index in [9.17, 15) is 4.79 Å². The highest BCUT2D eigenvalue weighted by molar-refractivity contribution is 5.74. The van der Waals surface area contributed by atoms with Gasteiger partial charge < -0.3 is 15.5 Å². The quantitative estimate of drug-likeness (QED) is 0.735. The van der Waals surface area contributed by atoms with Crippen LogP contribution in [0.4, 0.5) is 4.79 Å². The third-order valence-corrected chi connectivity index (χ3v) is 2.81. The maximum Gasteiger partial charge on any atom is 0.314 e. The number of hydrogen-bond acceptors (Lipinski definition) is 2. The molecule has 0 atom stereocenters. The van der Waals surface area contributed by atoms with Crippen molar-refractivity contribution in [2.24, 2.45) is 5.92 Å². The van der Waals surface area contributed by atoms with Crippen LogP contribution in [0.25, 0.3) is 0 Å². The molecular weight excluding hydrogens is 190 g/mol. The average molecular weight is 213 g/mol. The highest BCUT2D eigenvalue weighted by Crippen LogP contribution is 2.14. The monoisotopic (exact) mass is 213 g/mol. The molecule has 0 aliphatic carbocycles. The van der Waals surface area contributed by atoms with Crippen molar-refractivity contribution < 1.29 is 4.79 Å². The minimum Gasteiger partial charge on any atom is -0.338 e. The Kier molecular flexibility index (Phi) is 4.88. The topological polar surface area (TPSA) is 44.4 Å². The molecule has 1 saturated heterocycles. The Morgan fingerprint density at radius 1 is 1.40 bits per heavy atom. The summed E-state index contributed by atoms with van der Waals surface area (Å²) >= 11 is 0. The Morgan fingerprint density at radius 2 is 2.00 bits per heavy atom. The Labute approximate surface area is 92.4 Å². The molecule has 0 saturated carbocycles. The van der Waals surface area contributed by atoms with Crippen molar-refractivity contribution >= 4 is 6.03 Å². The zero-order chi connectivity index (χ0) is 11.3. The molecule has 1 heterocycles. The van der Waals surface area contributed by atoms with E-state index < -0.39 is 0 Å². The number of amides is 2. The Hall–Kier alpha value is -0.770. The van der Waals surface area contributed by atoms with E-state index in [1.807, 2.05) is 13.8 Å². The van der Waals surface area contributed by atoms with Crippen molar-refractivity contribution in [3.8, 4) is 0 Å². The first-order chi connectivity index (χ1) is 7.08. The summed E-state index contributed by atoms with van der Waals surface area (Å²) in [7, 11) is 2.15. The number of hydrogen-bond donors (Lipinski definition) is 2. The maximum absolute atomic E-state index is 11.3. The van der Waals surface area contributed by atoms with E-state index in [0.717, 1.165) is 19.6 Å². The van der Waals surface area contributed by atoms with Gasteiger partial charge in [0.25, 0.3) is 0 Å². The van der Waals surface area contributed by atoms with Gasteiger partial charge in [-0.1, -0.05) is 0 Å². The molecule has 2 amide bonds. The molecular formula is C11H23N3O. The fraction of sp³-hybridized carbons (Fsp3) is 0.909. The molecule has 15 heavy (non-hydrogen) atoms. The normalized spacial score (nSPS) is 19.2. The summed E-state index contributed by atoms with van der Waals surface area (Å²) in [4.78, 5) is 13.7. The predicted molar refractivity (Wildman–Crippen MR) is 61.9 cm³/mol. The van der Waals surface area contributed by atoms with Gasteiger partial charge in [-0.2, -0.15) is 0 Å². The van der Waals surface area contributed by atoms with E-state index in [1.165, 1.54) is 12.8 Å². The molecule has 0 aromatic rings. The van der Waals surface area contributed by atoms with Gasteiger partial charge in [-0.25, -0.2) is 4.79 Å². The molecule has 0 unspecified atom stereocenters. The van der Waals surface area contributed by atoms with E-state index >= 15 is 0 Å². The van der Waals surface area contributed by atoms with Crippen LogP contribution in [-0.2, 0) is 0 Å². The first-order valence-corrected chi connectivity index (χ1v) is 5.81. The number of urea groups is 1. The van der Waals surface area contributed by atoms with Gasteiger partial charge in [-0.3, -0.25) is 0 Å². The van der Waals surface area contributed by atoms with E-state index in [4.69, 9.17) is 0 Å². The lowest BCUT2D eigenvalue weighted by Gasteiger charge is -2.29. The van der Waals surface area contributed by atoms with Crippen LogP contribution in [0.1, 0.15) is 26.7 Å². The number of nitrogens with zero attached hydrogens (tertiary/aromatic N) is 1. The van der Waals surface area contributed by atoms with E-state index in [2.05, 4.69) is 22.6 Å². The first kappa shape index (κ1) is 12.3. The van der Waals surface area contributed by atoms with Crippen molar-refractivity contribution in [2.75, 3.05) is 26.7 Å². The highest BCUT2D eigenvalue weighted by Gasteiger charge is 2.16. The maximum atomic E-state index is 11.3. The van der Waals surface area contributed by atoms with E-state index in [0.29, 0.717) is 5.92 Å². The van der Waals surface area contributed by atoms with Gasteiger partial charge >= 0.3 is 6.03 Å². The van der Waals surface area contributed by atoms with Crippen LogP contribution in [0.5, 0.6) is 0 Å². The standard InChI is InChI=1S/C11H23N3O/c1-9(2)13-11(15)12-8-10-4-6-14(3)7-5-10/h9-10H,4-8H2,1-3H3,(H2,12,13,15). The van der Waals surface area contributed by atoms with Gasteiger partial charge in [0, 0.05) is 12.6 Å². The molecule has 1 aliphatic heterocycles. The van der Waals surface area contributed by atoms with Gasteiger partial charge in [0.1, 0.15) is 0 Å². The lowest BCUT2D eigenvalue weighted by molar-refractivity contribution is 0.209. The second-order valence-corrected chi connectivity index (χ2v) is 4.76. The number of rotatable bonds is 3. The summed E-state index contributed by atoms with van der Waals surface area (Å²) in [6, 6.07) is 0.173. The molecule has 0 radical (unpaired) electrons. The molecule has 1 fully saturated rings. The lowest BCUT2D eigenvalue weighted by Crippen LogP contribution is -2.43. The molecule has 1 aliphatic rings. The first-order valence-electron chi connectivity index (χ1n) is 5.81. The van der Waals surface area contributed by atoms with Crippen molar-refractivity contribution in [1.82, 2.24) is 15.5 Å². The smallest absolute Gasteiger partial charge is 0.314 e. The zero-order valence-electron chi connectivity index (χ0n) is 10.0. The summed E-state index contributed by atoms with van der Waals surface area (Å²) in [6.07, 6.45) is 2.39. The van der Waals surface area contributed by atoms with Gasteiger partial charge in [0.05, 0.1) is 0 Å². The number of nitrogens with one attached hydrogen (secondary N) is 2. The fourth-order valence-electron chi connectivity index (χ4n) is 1.82. The lowest BCUT2D eigenvalue weighted by atomic mass is 9.97. The summed E-state index contributed by atoms with van der Waals surface area (Å²) in [6.45, 7) is 7.05. The second kappa shape index (κ2) is 5.95. The zero-order valence-corrected chi connectivity index (χ0v) is 10.0. The Bertz CT molecular complexity index is 198. The molecule has 88 valence electrons. The van der Waals surface area contributed by atoms with Crippen LogP contribution in [0.2, 0.25) is 0 Å². The van der Waals surface area contributed by atoms with Gasteiger partial charge in [0.15, 0.2) is 0 Å². The molecule has 0 aromatic carbocycles. The minimum atomic E-state index is -0.0380. The molecule has 4 heteroatoms. The van der Waals surface area contributed by atoms with Crippen molar-refractivity contribution in [3.63, 3.8) is 0 Å². The molecule has 4 nitrogen and oxygen atoms in total. The molecule has 0 aromatic heterocycles. The van der Waals surface area contributed by atoms with Gasteiger partial charge in [-0.15, -0.1) is 0 Å². The van der Waals surface area contributed by atoms with Crippen LogP contribution in [0.3, 0.4) is 0 Å². The minimum absolute atomic E-state index is 0.0380. The van der Waals surface area contributed by atoms with Crippen LogP contribution in [-0.4, -0.2) is 43.7 Å². The van der Waals surface area contributed by atoms with Crippen LogP contribution in [0.15, 0.2) is 0 Å². The van der Waals surface area contributed by atoms with Gasteiger partial charge in [-0.05, 0) is 52.7 Å². The predicted octanol–water partition coefficient (Wildman–Crippen LogP) is 1.04. The van der Waals surface area contributed by atoms with Crippen LogP contribution < -0.4 is 10.6 Å². The third-order valence-electron chi connectivity index (χ3n) is 2.81. The molecule has 2 N–H and O–H groups in total. The fourth-order valence-corrected chi connectivity index (χ4v) is 1.82. The second-order valence-electron chi connectivity index (χ2n) is 4.76. The number of carbonyl (C=O) groups excluding carboxylic acids is 1. The van der Waals surface area contributed by atoms with Crippen LogP contribution >= 0.6 is 0 Å². The SMILES string of the molecule is CC(C)NC(=O)NCC1CCN(C)CC1. The van der Waals surface area contributed by atoms with Gasteiger partial charge in [0.2, 0.25) is 0 Å². The Balaban J connectivity index is 2.12. The third kappa shape index (κ3) is 5.02. The van der Waals surface area contributed by atoms with E-state index in [-0.39, 0.29) is 12.1 Å². The van der Waals surface area contributed by atoms with Crippen molar-refractivity contribution in [1.29, 1.82) is 0 Å². The number of carbonyl (C=O) groups is 1. The number of piperidine rings is 1. The molecule has 0 spiro atoms. The highest BCUT2D eigenvalue weighted by atomic mass is 16.2.